The quantitative estimate of drug-likeness (QED) is 0.658. The van der Waals surface area contributed by atoms with Gasteiger partial charge < -0.3 is 0 Å². The van der Waals surface area contributed by atoms with E-state index in [9.17, 15) is 0 Å². The highest BCUT2D eigenvalue weighted by Gasteiger charge is 1.91. The van der Waals surface area contributed by atoms with Gasteiger partial charge >= 0.3 is 0 Å². The third-order valence-corrected chi connectivity index (χ3v) is 2.24. The fraction of sp³-hybridized carbons (Fsp3) is 0.111. The van der Waals surface area contributed by atoms with E-state index in [1.54, 1.807) is 0 Å². The molecule has 0 aliphatic heterocycles. The Balaban J connectivity index is 2.84. The number of halogens is 3. The molecule has 0 aliphatic carbocycles. The average molecular weight is 222 g/mol. The van der Waals surface area contributed by atoms with Crippen molar-refractivity contribution in [2.45, 2.75) is 0 Å². The van der Waals surface area contributed by atoms with Crippen LogP contribution in [0.1, 0.15) is 5.56 Å². The molecule has 0 radical (unpaired) electrons. The van der Waals surface area contributed by atoms with Gasteiger partial charge in [0.05, 0.1) is 5.88 Å². The third-order valence-electron chi connectivity index (χ3n) is 1.32. The Bertz CT molecular complexity index is 274. The van der Waals surface area contributed by atoms with Crippen molar-refractivity contribution in [1.29, 1.82) is 0 Å². The highest BCUT2D eigenvalue weighted by Crippen LogP contribution is 2.14. The van der Waals surface area contributed by atoms with Gasteiger partial charge in [0.25, 0.3) is 0 Å². The maximum atomic E-state index is 5.74. The first kappa shape index (κ1) is 9.91. The van der Waals surface area contributed by atoms with E-state index >= 15 is 0 Å². The van der Waals surface area contributed by atoms with Crippen molar-refractivity contribution in [2.24, 2.45) is 0 Å². The van der Waals surface area contributed by atoms with Crippen LogP contribution >= 0.6 is 34.8 Å². The summed E-state index contributed by atoms with van der Waals surface area (Å²) in [6.45, 7) is 0. The number of rotatable bonds is 2. The zero-order valence-corrected chi connectivity index (χ0v) is 8.50. The Kier molecular flexibility index (Phi) is 3.93. The third kappa shape index (κ3) is 3.06. The predicted molar refractivity (Wildman–Crippen MR) is 56.0 cm³/mol. The van der Waals surface area contributed by atoms with Crippen LogP contribution in [0.15, 0.2) is 29.3 Å². The lowest BCUT2D eigenvalue weighted by Gasteiger charge is -1.94. The first-order valence-corrected chi connectivity index (χ1v) is 4.69. The Morgan fingerprint density at radius 3 is 2.33 bits per heavy atom. The summed E-state index contributed by atoms with van der Waals surface area (Å²) in [5.74, 6) is 0.337. The number of hydrogen-bond acceptors (Lipinski definition) is 0. The van der Waals surface area contributed by atoms with Gasteiger partial charge in [-0.25, -0.2) is 0 Å². The molecule has 1 rings (SSSR count). The lowest BCUT2D eigenvalue weighted by molar-refractivity contribution is 1.63. The minimum absolute atomic E-state index is 0.337. The van der Waals surface area contributed by atoms with E-state index in [1.807, 2.05) is 30.3 Å². The number of alkyl halides is 1. The Morgan fingerprint density at radius 2 is 1.83 bits per heavy atom. The summed E-state index contributed by atoms with van der Waals surface area (Å²) in [5.41, 5.74) is 1.00. The van der Waals surface area contributed by atoms with Crippen LogP contribution in [0.2, 0.25) is 5.02 Å². The van der Waals surface area contributed by atoms with Crippen molar-refractivity contribution in [1.82, 2.24) is 0 Å². The molecular formula is C9H7Cl3. The van der Waals surface area contributed by atoms with Crippen molar-refractivity contribution < 1.29 is 0 Å². The molecule has 0 heterocycles. The van der Waals surface area contributed by atoms with Crippen LogP contribution in [0.5, 0.6) is 0 Å². The lowest BCUT2D eigenvalue weighted by atomic mass is 10.2. The van der Waals surface area contributed by atoms with Crippen molar-refractivity contribution in [3.8, 4) is 0 Å². The standard InChI is InChI=1S/C9H7Cl3/c10-6-9(12)5-7-1-3-8(11)4-2-7/h1-5H,6H2/b9-5-. The summed E-state index contributed by atoms with van der Waals surface area (Å²) in [6.07, 6.45) is 1.81. The smallest absolute Gasteiger partial charge is 0.0582 e. The molecule has 3 heteroatoms. The summed E-state index contributed by atoms with van der Waals surface area (Å²) in [7, 11) is 0. The van der Waals surface area contributed by atoms with E-state index in [4.69, 9.17) is 34.8 Å². The lowest BCUT2D eigenvalue weighted by Crippen LogP contribution is -1.75. The second-order valence-electron chi connectivity index (χ2n) is 2.28. The van der Waals surface area contributed by atoms with Gasteiger partial charge in [0.1, 0.15) is 0 Å². The second-order valence-corrected chi connectivity index (χ2v) is 3.47. The minimum atomic E-state index is 0.337. The van der Waals surface area contributed by atoms with Crippen molar-refractivity contribution in [3.05, 3.63) is 39.9 Å². The van der Waals surface area contributed by atoms with E-state index in [1.165, 1.54) is 0 Å². The van der Waals surface area contributed by atoms with Gasteiger partial charge in [-0.2, -0.15) is 0 Å². The van der Waals surface area contributed by atoms with Crippen LogP contribution < -0.4 is 0 Å². The topological polar surface area (TPSA) is 0 Å². The Morgan fingerprint density at radius 1 is 1.25 bits per heavy atom. The van der Waals surface area contributed by atoms with Crippen molar-refractivity contribution in [2.75, 3.05) is 5.88 Å². The van der Waals surface area contributed by atoms with Gasteiger partial charge in [-0.05, 0) is 23.8 Å². The van der Waals surface area contributed by atoms with E-state index < -0.39 is 0 Å². The van der Waals surface area contributed by atoms with Crippen LogP contribution in [0.4, 0.5) is 0 Å². The number of allylic oxidation sites excluding steroid dienone is 1. The molecule has 0 N–H and O–H groups in total. The Hall–Kier alpha value is -0.170. The summed E-state index contributed by atoms with van der Waals surface area (Å²) < 4.78 is 0. The molecule has 0 amide bonds. The van der Waals surface area contributed by atoms with Gasteiger partial charge in [-0.3, -0.25) is 0 Å². The molecule has 0 aliphatic rings. The largest absolute Gasteiger partial charge is 0.121 e. The predicted octanol–water partition coefficient (Wildman–Crippen LogP) is 4.16. The van der Waals surface area contributed by atoms with Crippen LogP contribution in [-0.4, -0.2) is 5.88 Å². The summed E-state index contributed by atoms with van der Waals surface area (Å²) in [6, 6.07) is 7.39. The first-order valence-electron chi connectivity index (χ1n) is 3.40. The molecule has 1 aromatic carbocycles. The Labute approximate surface area is 86.7 Å². The SMILES string of the molecule is ClC/C(Cl)=C/c1ccc(Cl)cc1. The molecular weight excluding hydrogens is 214 g/mol. The average Bonchev–Trinajstić information content (AvgIpc) is 2.09. The summed E-state index contributed by atoms with van der Waals surface area (Å²) in [4.78, 5) is 0. The van der Waals surface area contributed by atoms with Gasteiger partial charge in [0, 0.05) is 10.1 Å². The van der Waals surface area contributed by atoms with Gasteiger partial charge in [-0.1, -0.05) is 35.3 Å². The van der Waals surface area contributed by atoms with E-state index in [-0.39, 0.29) is 0 Å². The molecule has 0 fully saturated rings. The van der Waals surface area contributed by atoms with Crippen LogP contribution in [0.3, 0.4) is 0 Å². The van der Waals surface area contributed by atoms with Crippen molar-refractivity contribution in [3.63, 3.8) is 0 Å². The highest BCUT2D eigenvalue weighted by atomic mass is 35.5. The van der Waals surface area contributed by atoms with Crippen molar-refractivity contribution >= 4 is 40.9 Å². The molecule has 1 aromatic rings. The fourth-order valence-electron chi connectivity index (χ4n) is 0.778. The molecule has 0 bridgehead atoms. The van der Waals surface area contributed by atoms with Crippen LogP contribution in [0.25, 0.3) is 6.08 Å². The van der Waals surface area contributed by atoms with E-state index in [0.717, 1.165) is 5.56 Å². The van der Waals surface area contributed by atoms with Gasteiger partial charge in [0.2, 0.25) is 0 Å². The van der Waals surface area contributed by atoms with E-state index in [2.05, 4.69) is 0 Å². The highest BCUT2D eigenvalue weighted by molar-refractivity contribution is 6.37. The number of hydrogen-bond donors (Lipinski definition) is 0. The number of benzene rings is 1. The molecule has 0 nitrogen and oxygen atoms in total. The summed E-state index contributed by atoms with van der Waals surface area (Å²) in [5, 5.41) is 1.34. The molecule has 0 atom stereocenters. The molecule has 0 unspecified atom stereocenters. The monoisotopic (exact) mass is 220 g/mol. The van der Waals surface area contributed by atoms with Crippen LogP contribution in [-0.2, 0) is 0 Å². The minimum Gasteiger partial charge on any atom is -0.121 e. The van der Waals surface area contributed by atoms with Crippen LogP contribution in [0, 0.1) is 0 Å². The summed E-state index contributed by atoms with van der Waals surface area (Å²) >= 11 is 16.9. The van der Waals surface area contributed by atoms with Gasteiger partial charge in [0.15, 0.2) is 0 Å². The normalized spacial score (nSPS) is 11.8. The zero-order valence-electron chi connectivity index (χ0n) is 6.23. The maximum Gasteiger partial charge on any atom is 0.0582 e. The molecule has 0 spiro atoms. The van der Waals surface area contributed by atoms with Gasteiger partial charge in [-0.15, -0.1) is 11.6 Å². The molecule has 64 valence electrons. The first-order chi connectivity index (χ1) is 5.72. The molecule has 12 heavy (non-hydrogen) atoms. The molecule has 0 saturated heterocycles. The maximum absolute atomic E-state index is 5.74. The van der Waals surface area contributed by atoms with E-state index in [0.29, 0.717) is 15.9 Å². The molecule has 0 saturated carbocycles. The molecule has 0 aromatic heterocycles. The second kappa shape index (κ2) is 4.76. The zero-order chi connectivity index (χ0) is 8.97. The fourth-order valence-corrected chi connectivity index (χ4v) is 1.11.